The van der Waals surface area contributed by atoms with Crippen LogP contribution in [-0.2, 0) is 14.4 Å². The summed E-state index contributed by atoms with van der Waals surface area (Å²) in [5.41, 5.74) is 3.15. The Balaban J connectivity index is 1.25. The van der Waals surface area contributed by atoms with Crippen LogP contribution in [-0.4, -0.2) is 35.2 Å². The third-order valence-corrected chi connectivity index (χ3v) is 11.5. The van der Waals surface area contributed by atoms with Crippen molar-refractivity contribution in [1.29, 1.82) is 0 Å². The maximum atomic E-state index is 13.3. The maximum Gasteiger partial charge on any atom is 0.227 e. The van der Waals surface area contributed by atoms with Gasteiger partial charge in [0, 0.05) is 28.9 Å². The van der Waals surface area contributed by atoms with Crippen LogP contribution in [0.5, 0.6) is 0 Å². The molecule has 0 heterocycles. The lowest BCUT2D eigenvalue weighted by Crippen LogP contribution is -2.58. The summed E-state index contributed by atoms with van der Waals surface area (Å²) >= 11 is 0. The maximum absolute atomic E-state index is 13.3. The van der Waals surface area contributed by atoms with Crippen LogP contribution < -0.4 is 5.32 Å². The first-order valence-electron chi connectivity index (χ1n) is 15.1. The number of oxime groups is 1. The van der Waals surface area contributed by atoms with Crippen LogP contribution in [0.25, 0.3) is 0 Å². The summed E-state index contributed by atoms with van der Waals surface area (Å²) in [6.45, 7) is 13.2. The minimum absolute atomic E-state index is 0.108. The van der Waals surface area contributed by atoms with Gasteiger partial charge >= 0.3 is 0 Å². The van der Waals surface area contributed by atoms with Crippen molar-refractivity contribution in [2.75, 3.05) is 11.9 Å². The summed E-state index contributed by atoms with van der Waals surface area (Å²) in [5, 5.41) is 18.9. The van der Waals surface area contributed by atoms with Crippen LogP contribution in [0.15, 0.2) is 53.2 Å². The van der Waals surface area contributed by atoms with E-state index < -0.39 is 6.10 Å². The predicted molar refractivity (Wildman–Crippen MR) is 159 cm³/mol. The number of fused-ring (bicyclic) bond motifs is 5. The van der Waals surface area contributed by atoms with Crippen molar-refractivity contribution in [3.8, 4) is 0 Å². The molecule has 0 spiro atoms. The number of aliphatic hydroxyl groups excluding tert-OH is 1. The molecule has 0 aliphatic heterocycles. The molecule has 4 aliphatic carbocycles. The Morgan fingerprint density at radius 1 is 1.18 bits per heavy atom. The molecule has 1 aromatic carbocycles. The largest absolute Gasteiger partial charge is 0.395 e. The molecule has 1 amide bonds. The van der Waals surface area contributed by atoms with Crippen LogP contribution in [0.2, 0.25) is 0 Å². The van der Waals surface area contributed by atoms with Crippen molar-refractivity contribution in [3.05, 3.63) is 53.6 Å². The average Bonchev–Trinajstić information content (AvgIpc) is 3.13. The van der Waals surface area contributed by atoms with Gasteiger partial charge in [0.15, 0.2) is 0 Å². The second-order valence-corrected chi connectivity index (χ2v) is 13.4. The van der Waals surface area contributed by atoms with Crippen molar-refractivity contribution < 1.29 is 19.5 Å². The Bertz CT molecular complexity index is 1250. The van der Waals surface area contributed by atoms with E-state index in [1.807, 2.05) is 44.2 Å². The van der Waals surface area contributed by atoms with Gasteiger partial charge in [-0.1, -0.05) is 69.1 Å². The van der Waals surface area contributed by atoms with Gasteiger partial charge in [-0.25, -0.2) is 0 Å². The molecule has 0 bridgehead atoms. The highest BCUT2D eigenvalue weighted by molar-refractivity contribution is 6.05. The number of nitrogens with zero attached hydrogens (tertiary/aromatic N) is 1. The van der Waals surface area contributed by atoms with E-state index in [1.54, 1.807) is 0 Å². The van der Waals surface area contributed by atoms with Crippen molar-refractivity contribution >= 4 is 23.1 Å². The van der Waals surface area contributed by atoms with Crippen LogP contribution in [0, 0.1) is 46.8 Å². The lowest BCUT2D eigenvalue weighted by molar-refractivity contribution is -0.155. The lowest BCUT2D eigenvalue weighted by atomic mass is 9.44. The highest BCUT2D eigenvalue weighted by Gasteiger charge is 2.68. The Morgan fingerprint density at radius 2 is 1.90 bits per heavy atom. The van der Waals surface area contributed by atoms with Crippen molar-refractivity contribution in [2.24, 2.45) is 45.1 Å². The minimum Gasteiger partial charge on any atom is -0.395 e. The van der Waals surface area contributed by atoms with Gasteiger partial charge in [-0.05, 0) is 80.1 Å². The third-order valence-electron chi connectivity index (χ3n) is 11.5. The standard InChI is InChI=1S/C34H46N2O4/c1-7-29(38)34(6)22(3)18-27-26-13-10-23-19-25(14-16-32(23,4)31(26)28(37)20-33(27,34)5)36-40-17-15-30(39)35-24-11-8-21(2)9-12-24/h8-9,11-12,14,16,19,22,26-28,31,37H,7,10,13,15,17-18,20H2,1-6H3,(H,35,39)/b36-25+/t22-,26+,27+,28+,31-,32+,33+,34-/m1/s1. The highest BCUT2D eigenvalue weighted by atomic mass is 16.6. The number of nitrogens with one attached hydrogen (secondary N) is 1. The number of hydrogen-bond acceptors (Lipinski definition) is 5. The second kappa shape index (κ2) is 10.6. The fourth-order valence-corrected chi connectivity index (χ4v) is 9.03. The molecule has 4 aliphatic rings. The van der Waals surface area contributed by atoms with Gasteiger partial charge in [-0.3, -0.25) is 9.59 Å². The van der Waals surface area contributed by atoms with E-state index in [1.165, 1.54) is 5.57 Å². The molecular formula is C34H46N2O4. The van der Waals surface area contributed by atoms with Gasteiger partial charge in [0.2, 0.25) is 5.91 Å². The van der Waals surface area contributed by atoms with E-state index in [4.69, 9.17) is 4.84 Å². The first kappa shape index (κ1) is 28.8. The highest BCUT2D eigenvalue weighted by Crippen LogP contribution is 2.71. The smallest absolute Gasteiger partial charge is 0.227 e. The minimum atomic E-state index is -0.458. The van der Waals surface area contributed by atoms with Crippen LogP contribution >= 0.6 is 0 Å². The SMILES string of the molecule is CCC(=O)[C@@]1(C)[C@H](C)C[C@H]2[C@@H]3CCC4=C/C(=N/OCCC(=O)Nc5ccc(C)cc5)C=C[C@]4(C)[C@H]3[C@@H](O)C[C@@]21C. The zero-order valence-electron chi connectivity index (χ0n) is 25.0. The van der Waals surface area contributed by atoms with E-state index in [0.29, 0.717) is 36.4 Å². The van der Waals surface area contributed by atoms with E-state index in [2.05, 4.69) is 50.3 Å². The molecule has 0 unspecified atom stereocenters. The molecule has 1 aromatic rings. The van der Waals surface area contributed by atoms with E-state index in [9.17, 15) is 14.7 Å². The van der Waals surface area contributed by atoms with Crippen molar-refractivity contribution in [1.82, 2.24) is 0 Å². The first-order valence-corrected chi connectivity index (χ1v) is 15.1. The fraction of sp³-hybridized carbons (Fsp3) is 0.618. The number of carbonyl (C=O) groups excluding carboxylic acids is 2. The fourth-order valence-electron chi connectivity index (χ4n) is 9.03. The number of aliphatic hydroxyl groups is 1. The molecule has 3 saturated carbocycles. The molecule has 8 atom stereocenters. The Hall–Kier alpha value is -2.73. The number of amides is 1. The number of allylic oxidation sites excluding steroid dienone is 4. The van der Waals surface area contributed by atoms with E-state index in [0.717, 1.165) is 36.2 Å². The third kappa shape index (κ3) is 4.56. The zero-order chi connectivity index (χ0) is 28.9. The molecule has 3 fully saturated rings. The van der Waals surface area contributed by atoms with Gasteiger partial charge in [0.1, 0.15) is 18.1 Å². The summed E-state index contributed by atoms with van der Waals surface area (Å²) in [4.78, 5) is 31.1. The van der Waals surface area contributed by atoms with Crippen LogP contribution in [0.4, 0.5) is 5.69 Å². The van der Waals surface area contributed by atoms with Gasteiger partial charge in [0.25, 0.3) is 0 Å². The van der Waals surface area contributed by atoms with Crippen molar-refractivity contribution in [3.63, 3.8) is 0 Å². The molecule has 6 heteroatoms. The molecule has 6 nitrogen and oxygen atoms in total. The van der Waals surface area contributed by atoms with Gasteiger partial charge in [-0.15, -0.1) is 0 Å². The Labute approximate surface area is 239 Å². The summed E-state index contributed by atoms with van der Waals surface area (Å²) in [6.07, 6.45) is 10.4. The number of aryl methyl sites for hydroxylation is 1. The molecular weight excluding hydrogens is 500 g/mol. The number of hydrogen-bond donors (Lipinski definition) is 2. The van der Waals surface area contributed by atoms with E-state index >= 15 is 0 Å². The average molecular weight is 547 g/mol. The summed E-state index contributed by atoms with van der Waals surface area (Å²) in [5.74, 6) is 1.51. The van der Waals surface area contributed by atoms with Gasteiger partial charge in [-0.2, -0.15) is 0 Å². The molecule has 40 heavy (non-hydrogen) atoms. The Kier molecular flexibility index (Phi) is 7.62. The summed E-state index contributed by atoms with van der Waals surface area (Å²) in [7, 11) is 0. The molecule has 5 rings (SSSR count). The zero-order valence-corrected chi connectivity index (χ0v) is 25.0. The molecule has 0 saturated heterocycles. The topological polar surface area (TPSA) is 88.0 Å². The quantitative estimate of drug-likeness (QED) is 0.297. The number of anilines is 1. The van der Waals surface area contributed by atoms with Gasteiger partial charge in [0.05, 0.1) is 12.5 Å². The van der Waals surface area contributed by atoms with Crippen LogP contribution in [0.3, 0.4) is 0 Å². The summed E-state index contributed by atoms with van der Waals surface area (Å²) in [6, 6.07) is 7.70. The lowest BCUT2D eigenvalue weighted by Gasteiger charge is -2.60. The molecule has 216 valence electrons. The van der Waals surface area contributed by atoms with Gasteiger partial charge < -0.3 is 15.3 Å². The second-order valence-electron chi connectivity index (χ2n) is 13.4. The first-order chi connectivity index (χ1) is 18.9. The van der Waals surface area contributed by atoms with Crippen LogP contribution in [0.1, 0.15) is 78.7 Å². The number of benzene rings is 1. The normalized spacial score (nSPS) is 39.1. The molecule has 0 radical (unpaired) electrons. The van der Waals surface area contributed by atoms with Crippen molar-refractivity contribution in [2.45, 2.75) is 86.2 Å². The monoisotopic (exact) mass is 546 g/mol. The number of ketones is 1. The summed E-state index contributed by atoms with van der Waals surface area (Å²) < 4.78 is 0. The molecule has 0 aromatic heterocycles. The number of carbonyl (C=O) groups is 2. The molecule has 2 N–H and O–H groups in total. The number of Topliss-reactive ketones (excluding diaryl/α,β-unsaturated/α-hetero) is 1. The number of rotatable bonds is 7. The Morgan fingerprint density at radius 3 is 2.60 bits per heavy atom. The predicted octanol–water partition coefficient (Wildman–Crippen LogP) is 6.64. The van der Waals surface area contributed by atoms with E-state index in [-0.39, 0.29) is 41.1 Å².